The van der Waals surface area contributed by atoms with Gasteiger partial charge in [-0.25, -0.2) is 8.42 Å². The van der Waals surface area contributed by atoms with Gasteiger partial charge in [-0.3, -0.25) is 24.2 Å². The molecule has 10 nitrogen and oxygen atoms in total. The predicted octanol–water partition coefficient (Wildman–Crippen LogP) is 0.749. The van der Waals surface area contributed by atoms with Crippen LogP contribution in [-0.4, -0.2) is 62.5 Å². The number of nitrogens with one attached hydrogen (secondary N) is 3. The van der Waals surface area contributed by atoms with E-state index in [0.717, 1.165) is 11.1 Å². The minimum Gasteiger partial charge on any atom is -0.340 e. The lowest BCUT2D eigenvalue weighted by Crippen LogP contribution is -2.55. The van der Waals surface area contributed by atoms with Crippen molar-refractivity contribution in [3.8, 4) is 0 Å². The molecule has 1 aromatic carbocycles. The molecule has 1 aromatic heterocycles. The monoisotopic (exact) mass is 597 g/mol. The first-order chi connectivity index (χ1) is 16.2. The average Bonchev–Trinajstić information content (AvgIpc) is 3.71. The minimum absolute atomic E-state index is 0.114. The molecule has 2 heterocycles. The highest BCUT2D eigenvalue weighted by Gasteiger charge is 2.62. The smallest absolute Gasteiger partial charge is 0.260 e. The number of rotatable bonds is 7. The molecule has 0 saturated heterocycles. The Labute approximate surface area is 210 Å². The largest absolute Gasteiger partial charge is 0.340 e. The summed E-state index contributed by atoms with van der Waals surface area (Å²) in [4.78, 5) is 40.8. The summed E-state index contributed by atoms with van der Waals surface area (Å²) in [5.41, 5.74) is 0.870. The van der Waals surface area contributed by atoms with Crippen molar-refractivity contribution < 1.29 is 22.8 Å². The summed E-state index contributed by atoms with van der Waals surface area (Å²) in [6.07, 6.45) is 3.28. The van der Waals surface area contributed by atoms with Crippen molar-refractivity contribution in [3.05, 3.63) is 53.3 Å². The van der Waals surface area contributed by atoms with Crippen molar-refractivity contribution in [3.63, 3.8) is 0 Å². The molecule has 2 aromatic rings. The lowest BCUT2D eigenvalue weighted by atomic mass is 9.94. The van der Waals surface area contributed by atoms with Gasteiger partial charge in [0.15, 0.2) is 0 Å². The number of alkyl halides is 1. The van der Waals surface area contributed by atoms with E-state index in [1.807, 2.05) is 52.9 Å². The summed E-state index contributed by atoms with van der Waals surface area (Å²) in [5.74, 6) is -2.05. The van der Waals surface area contributed by atoms with Crippen LogP contribution in [0.15, 0.2) is 36.5 Å². The third kappa shape index (κ3) is 4.44. The summed E-state index contributed by atoms with van der Waals surface area (Å²) >= 11 is 2.04. The molecule has 5 rings (SSSR count). The first-order valence-electron chi connectivity index (χ1n) is 11.1. The number of hydrogen-bond donors (Lipinski definition) is 3. The number of fused-ring (bicyclic) bond motifs is 1. The second-order valence-electron chi connectivity index (χ2n) is 9.09. The Kier molecular flexibility index (Phi) is 5.91. The second kappa shape index (κ2) is 8.63. The van der Waals surface area contributed by atoms with E-state index in [1.165, 1.54) is 0 Å². The van der Waals surface area contributed by atoms with Crippen molar-refractivity contribution >= 4 is 50.3 Å². The Balaban J connectivity index is 1.31. The highest BCUT2D eigenvalue weighted by Crippen LogP contribution is 2.44. The lowest BCUT2D eigenvalue weighted by Gasteiger charge is -2.32. The van der Waals surface area contributed by atoms with Gasteiger partial charge < -0.3 is 10.2 Å². The maximum Gasteiger partial charge on any atom is 0.260 e. The molecule has 0 radical (unpaired) electrons. The number of sulfonamides is 1. The van der Waals surface area contributed by atoms with Crippen LogP contribution in [0.5, 0.6) is 0 Å². The van der Waals surface area contributed by atoms with Gasteiger partial charge in [0.2, 0.25) is 21.8 Å². The Morgan fingerprint density at radius 3 is 2.56 bits per heavy atom. The van der Waals surface area contributed by atoms with Gasteiger partial charge in [-0.15, -0.1) is 0 Å². The number of H-pyrrole nitrogens is 1. The molecule has 3 aliphatic rings. The molecule has 0 bridgehead atoms. The Bertz CT molecular complexity index is 1250. The summed E-state index contributed by atoms with van der Waals surface area (Å²) in [6, 6.07) is 9.37. The molecule has 1 unspecified atom stereocenters. The molecular formula is C22H24IN5O5S. The van der Waals surface area contributed by atoms with E-state index in [-0.39, 0.29) is 22.8 Å². The van der Waals surface area contributed by atoms with Crippen LogP contribution in [0, 0.1) is 0 Å². The number of amides is 3. The quantitative estimate of drug-likeness (QED) is 0.318. The van der Waals surface area contributed by atoms with Crippen molar-refractivity contribution in [2.75, 3.05) is 6.54 Å². The van der Waals surface area contributed by atoms with E-state index < -0.39 is 38.5 Å². The van der Waals surface area contributed by atoms with Crippen molar-refractivity contribution in [2.45, 2.75) is 52.9 Å². The molecule has 0 spiro atoms. The van der Waals surface area contributed by atoms with Crippen LogP contribution in [0.2, 0.25) is 0 Å². The van der Waals surface area contributed by atoms with Gasteiger partial charge in [-0.05, 0) is 24.8 Å². The second-order valence-corrected chi connectivity index (χ2v) is 12.6. The maximum absolute atomic E-state index is 13.4. The van der Waals surface area contributed by atoms with Crippen LogP contribution in [0.3, 0.4) is 0 Å². The number of hydrogen-bond acceptors (Lipinski definition) is 6. The van der Waals surface area contributed by atoms with Crippen LogP contribution < -0.4 is 10.0 Å². The topological polar surface area (TPSA) is 141 Å². The first-order valence-corrected chi connectivity index (χ1v) is 13.9. The van der Waals surface area contributed by atoms with Crippen molar-refractivity contribution in [1.29, 1.82) is 0 Å². The van der Waals surface area contributed by atoms with E-state index in [1.54, 1.807) is 11.1 Å². The molecule has 2 fully saturated rings. The lowest BCUT2D eigenvalue weighted by molar-refractivity contribution is -0.134. The predicted molar refractivity (Wildman–Crippen MR) is 130 cm³/mol. The molecule has 2 saturated carbocycles. The first kappa shape index (κ1) is 23.3. The van der Waals surface area contributed by atoms with Crippen LogP contribution in [0.1, 0.15) is 42.0 Å². The van der Waals surface area contributed by atoms with Gasteiger partial charge in [-0.1, -0.05) is 52.9 Å². The summed E-state index contributed by atoms with van der Waals surface area (Å²) in [5, 5.41) is 9.24. The number of halogens is 1. The summed E-state index contributed by atoms with van der Waals surface area (Å²) < 4.78 is 26.4. The fourth-order valence-corrected chi connectivity index (χ4v) is 6.74. The fraction of sp³-hybridized carbons (Fsp3) is 0.455. The number of carbonyl (C=O) groups excluding carboxylic acids is 3. The summed E-state index contributed by atoms with van der Waals surface area (Å²) in [6.45, 7) is 0.459. The molecular weight excluding hydrogens is 573 g/mol. The van der Waals surface area contributed by atoms with Gasteiger partial charge in [-0.2, -0.15) is 5.10 Å². The van der Waals surface area contributed by atoms with Crippen LogP contribution in [0.4, 0.5) is 0 Å². The normalized spacial score (nSPS) is 25.9. The Morgan fingerprint density at radius 2 is 1.91 bits per heavy atom. The zero-order valence-corrected chi connectivity index (χ0v) is 21.1. The van der Waals surface area contributed by atoms with E-state index in [2.05, 4.69) is 20.2 Å². The number of benzene rings is 1. The van der Waals surface area contributed by atoms with Crippen molar-refractivity contribution in [2.24, 2.45) is 0 Å². The van der Waals surface area contributed by atoms with E-state index in [0.29, 0.717) is 31.5 Å². The Morgan fingerprint density at radius 1 is 1.21 bits per heavy atom. The third-order valence-electron chi connectivity index (χ3n) is 6.54. The molecule has 34 heavy (non-hydrogen) atoms. The minimum atomic E-state index is -3.73. The van der Waals surface area contributed by atoms with Gasteiger partial charge in [0, 0.05) is 28.8 Å². The van der Waals surface area contributed by atoms with Gasteiger partial charge in [0.25, 0.3) is 5.91 Å². The molecule has 180 valence electrons. The highest BCUT2D eigenvalue weighted by molar-refractivity contribution is 14.1. The van der Waals surface area contributed by atoms with E-state index in [9.17, 15) is 22.8 Å². The van der Waals surface area contributed by atoms with Gasteiger partial charge in [0.05, 0.1) is 23.3 Å². The number of nitrogens with zero attached hydrogens (tertiary/aromatic N) is 2. The van der Waals surface area contributed by atoms with Crippen LogP contribution >= 0.6 is 22.6 Å². The summed E-state index contributed by atoms with van der Waals surface area (Å²) in [7, 11) is -3.73. The van der Waals surface area contributed by atoms with Crippen molar-refractivity contribution in [1.82, 2.24) is 25.1 Å². The SMILES string of the molecule is O=C(N[C@]1(C(=O)NS(=O)(=O)C2CC2)C[C@H]1I)C1CN(C(=O)Cc2ccccc2)Cc2c[nH]nc21. The molecule has 3 atom stereocenters. The number of aromatic amines is 1. The number of aromatic nitrogens is 2. The third-order valence-corrected chi connectivity index (χ3v) is 9.86. The molecule has 2 aliphatic carbocycles. The van der Waals surface area contributed by atoms with Crippen LogP contribution in [-0.2, 0) is 37.4 Å². The van der Waals surface area contributed by atoms with Crippen LogP contribution in [0.25, 0.3) is 0 Å². The maximum atomic E-state index is 13.4. The fourth-order valence-electron chi connectivity index (χ4n) is 4.24. The number of carbonyl (C=O) groups is 3. The zero-order valence-electron chi connectivity index (χ0n) is 18.2. The molecule has 12 heteroatoms. The molecule has 1 aliphatic heterocycles. The van der Waals surface area contributed by atoms with Gasteiger partial charge >= 0.3 is 0 Å². The van der Waals surface area contributed by atoms with E-state index in [4.69, 9.17) is 0 Å². The van der Waals surface area contributed by atoms with E-state index >= 15 is 0 Å². The standard InChI is InChI=1S/C22H24IN5O5S/c23-17-9-22(17,21(31)27-34(32,33)15-6-7-15)25-20(30)16-12-28(11-14-10-24-26-19(14)16)18(29)8-13-4-2-1-3-5-13/h1-5,10,15-17H,6-9,11-12H2,(H,24,26)(H,25,30)(H,27,31)/t16?,17-,22-/m1/s1. The zero-order chi connectivity index (χ0) is 24.1. The van der Waals surface area contributed by atoms with Gasteiger partial charge in [0.1, 0.15) is 5.54 Å². The average molecular weight is 597 g/mol. The molecule has 3 N–H and O–H groups in total. The Hall–Kier alpha value is -2.48. The highest BCUT2D eigenvalue weighted by atomic mass is 127. The molecule has 3 amide bonds.